The maximum atomic E-state index is 12.4. The van der Waals surface area contributed by atoms with Gasteiger partial charge in [-0.1, -0.05) is 43.7 Å². The molecule has 7 heteroatoms. The van der Waals surface area contributed by atoms with E-state index in [1.165, 1.54) is 7.11 Å². The van der Waals surface area contributed by atoms with Gasteiger partial charge in [-0.3, -0.25) is 4.90 Å². The highest BCUT2D eigenvalue weighted by Gasteiger charge is 2.56. The minimum Gasteiger partial charge on any atom is -0.441 e. The van der Waals surface area contributed by atoms with Crippen molar-refractivity contribution in [3.63, 3.8) is 0 Å². The van der Waals surface area contributed by atoms with Crippen LogP contribution in [0.2, 0.25) is 0 Å². The molecule has 1 aromatic carbocycles. The number of aliphatic hydroxyl groups excluding tert-OH is 1. The first kappa shape index (κ1) is 19.1. The minimum absolute atomic E-state index is 0.237. The van der Waals surface area contributed by atoms with Crippen molar-refractivity contribution in [3.05, 3.63) is 35.9 Å². The van der Waals surface area contributed by atoms with E-state index in [0.717, 1.165) is 18.4 Å². The molecular weight excluding hydrogens is 338 g/mol. The molecule has 7 nitrogen and oxygen atoms in total. The molecule has 1 N–H and O–H groups in total. The number of ether oxygens (including phenoxy) is 4. The van der Waals surface area contributed by atoms with Gasteiger partial charge < -0.3 is 24.1 Å². The number of carbonyl (C=O) groups excluding carboxylic acids is 1. The summed E-state index contributed by atoms with van der Waals surface area (Å²) < 4.78 is 22.4. The van der Waals surface area contributed by atoms with Gasteiger partial charge in [0.05, 0.1) is 6.61 Å². The molecule has 144 valence electrons. The van der Waals surface area contributed by atoms with Crippen molar-refractivity contribution in [1.82, 2.24) is 4.90 Å². The molecule has 2 heterocycles. The van der Waals surface area contributed by atoms with Crippen molar-refractivity contribution in [2.75, 3.05) is 20.3 Å². The lowest BCUT2D eigenvalue weighted by Crippen LogP contribution is -2.61. The van der Waals surface area contributed by atoms with Gasteiger partial charge in [0.15, 0.2) is 12.4 Å². The molecule has 0 aromatic heterocycles. The maximum Gasteiger partial charge on any atom is 0.411 e. The van der Waals surface area contributed by atoms with Crippen LogP contribution < -0.4 is 0 Å². The predicted molar refractivity (Wildman–Crippen MR) is 93.4 cm³/mol. The van der Waals surface area contributed by atoms with E-state index in [-0.39, 0.29) is 6.61 Å². The second-order valence-corrected chi connectivity index (χ2v) is 6.65. The first-order valence-corrected chi connectivity index (χ1v) is 9.11. The van der Waals surface area contributed by atoms with Gasteiger partial charge in [-0.05, 0) is 12.0 Å². The van der Waals surface area contributed by atoms with Gasteiger partial charge in [-0.25, -0.2) is 4.79 Å². The zero-order valence-electron chi connectivity index (χ0n) is 15.2. The number of unbranched alkanes of at least 4 members (excludes halogenated alkanes) is 1. The van der Waals surface area contributed by atoms with Crippen molar-refractivity contribution in [1.29, 1.82) is 0 Å². The third-order valence-corrected chi connectivity index (χ3v) is 4.83. The van der Waals surface area contributed by atoms with Crippen molar-refractivity contribution >= 4 is 6.09 Å². The second kappa shape index (κ2) is 8.81. The van der Waals surface area contributed by atoms with E-state index in [1.54, 1.807) is 4.90 Å². The van der Waals surface area contributed by atoms with Gasteiger partial charge in [-0.2, -0.15) is 0 Å². The summed E-state index contributed by atoms with van der Waals surface area (Å²) in [7, 11) is 1.53. The number of fused-ring (bicyclic) bond motifs is 1. The molecule has 1 amide bonds. The zero-order valence-corrected chi connectivity index (χ0v) is 15.2. The topological polar surface area (TPSA) is 77.5 Å². The Morgan fingerprint density at radius 3 is 2.73 bits per heavy atom. The summed E-state index contributed by atoms with van der Waals surface area (Å²) in [6.45, 7) is 3.30. The van der Waals surface area contributed by atoms with Crippen molar-refractivity contribution in [2.45, 2.75) is 57.0 Å². The van der Waals surface area contributed by atoms with E-state index < -0.39 is 36.7 Å². The smallest absolute Gasteiger partial charge is 0.411 e. The molecule has 2 aliphatic rings. The molecule has 2 fully saturated rings. The number of hydrogen-bond acceptors (Lipinski definition) is 6. The summed E-state index contributed by atoms with van der Waals surface area (Å²) in [4.78, 5) is 14.0. The molecule has 0 aliphatic carbocycles. The van der Waals surface area contributed by atoms with E-state index in [2.05, 4.69) is 6.92 Å². The van der Waals surface area contributed by atoms with E-state index in [9.17, 15) is 9.90 Å². The second-order valence-electron chi connectivity index (χ2n) is 6.65. The van der Waals surface area contributed by atoms with Gasteiger partial charge in [0.25, 0.3) is 0 Å². The Kier molecular flexibility index (Phi) is 6.48. The molecule has 0 bridgehead atoms. The van der Waals surface area contributed by atoms with Crippen molar-refractivity contribution < 1.29 is 28.8 Å². The third kappa shape index (κ3) is 4.01. The van der Waals surface area contributed by atoms with Gasteiger partial charge in [-0.15, -0.1) is 0 Å². The number of benzene rings is 1. The van der Waals surface area contributed by atoms with Gasteiger partial charge in [0, 0.05) is 20.3 Å². The fourth-order valence-corrected chi connectivity index (χ4v) is 3.40. The Hall–Kier alpha value is -1.67. The summed E-state index contributed by atoms with van der Waals surface area (Å²) in [6, 6.07) is 9.12. The monoisotopic (exact) mass is 365 g/mol. The minimum atomic E-state index is -0.960. The summed E-state index contributed by atoms with van der Waals surface area (Å²) in [5.74, 6) is 0. The Bertz CT molecular complexity index is 583. The third-order valence-electron chi connectivity index (χ3n) is 4.83. The van der Waals surface area contributed by atoms with Crippen LogP contribution in [0.4, 0.5) is 4.79 Å². The number of amides is 1. The van der Waals surface area contributed by atoms with Crippen LogP contribution in [0.1, 0.15) is 25.3 Å². The summed E-state index contributed by atoms with van der Waals surface area (Å²) in [5, 5.41) is 10.6. The Morgan fingerprint density at radius 1 is 1.27 bits per heavy atom. The lowest BCUT2D eigenvalue weighted by molar-refractivity contribution is -0.262. The SMILES string of the molecule is CCCCOCC1O[C@H](OC)C2[C@@H](OC(=O)N2Cc2ccccc2)[C@@H]1O. The summed E-state index contributed by atoms with van der Waals surface area (Å²) in [5.41, 5.74) is 0.972. The zero-order chi connectivity index (χ0) is 18.5. The molecule has 5 atom stereocenters. The summed E-state index contributed by atoms with van der Waals surface area (Å²) in [6.07, 6.45) is -1.43. The fraction of sp³-hybridized carbons (Fsp3) is 0.632. The largest absolute Gasteiger partial charge is 0.441 e. The highest BCUT2D eigenvalue weighted by molar-refractivity contribution is 5.71. The molecule has 2 aliphatic heterocycles. The number of hydrogen-bond donors (Lipinski definition) is 1. The van der Waals surface area contributed by atoms with Crippen LogP contribution in [0.25, 0.3) is 0 Å². The molecule has 3 rings (SSSR count). The van der Waals surface area contributed by atoms with Crippen LogP contribution in [0, 0.1) is 0 Å². The average molecular weight is 365 g/mol. The molecule has 0 saturated carbocycles. The quantitative estimate of drug-likeness (QED) is 0.710. The van der Waals surface area contributed by atoms with E-state index >= 15 is 0 Å². The maximum absolute atomic E-state index is 12.4. The molecule has 2 unspecified atom stereocenters. The standard InChI is InChI=1S/C19H27NO6/c1-3-4-10-24-12-14-16(21)17-15(18(23-2)25-14)20(19(22)26-17)11-13-8-6-5-7-9-13/h5-9,14-18,21H,3-4,10-12H2,1-2H3/t14?,15?,16-,17-,18+/m1/s1. The lowest BCUT2D eigenvalue weighted by Gasteiger charge is -2.41. The van der Waals surface area contributed by atoms with Crippen LogP contribution in [0.15, 0.2) is 30.3 Å². The molecule has 26 heavy (non-hydrogen) atoms. The first-order valence-electron chi connectivity index (χ1n) is 9.11. The lowest BCUT2D eigenvalue weighted by atomic mass is 9.96. The molecule has 1 aromatic rings. The Balaban J connectivity index is 1.70. The average Bonchev–Trinajstić information content (AvgIpc) is 2.98. The van der Waals surface area contributed by atoms with Gasteiger partial charge in [0.2, 0.25) is 0 Å². The van der Waals surface area contributed by atoms with E-state index in [1.807, 2.05) is 30.3 Å². The number of nitrogens with zero attached hydrogens (tertiary/aromatic N) is 1. The Morgan fingerprint density at radius 2 is 2.04 bits per heavy atom. The number of aliphatic hydroxyl groups is 1. The van der Waals surface area contributed by atoms with Gasteiger partial charge in [0.1, 0.15) is 18.2 Å². The number of rotatable bonds is 8. The number of carbonyl (C=O) groups is 1. The Labute approximate surface area is 153 Å². The van der Waals surface area contributed by atoms with Crippen LogP contribution in [0.5, 0.6) is 0 Å². The molecule has 2 saturated heterocycles. The van der Waals surface area contributed by atoms with Gasteiger partial charge >= 0.3 is 6.09 Å². The van der Waals surface area contributed by atoms with Crippen LogP contribution in [0.3, 0.4) is 0 Å². The fourth-order valence-electron chi connectivity index (χ4n) is 3.40. The van der Waals surface area contributed by atoms with E-state index in [4.69, 9.17) is 18.9 Å². The summed E-state index contributed by atoms with van der Waals surface area (Å²) >= 11 is 0. The highest BCUT2D eigenvalue weighted by atomic mass is 16.7. The van der Waals surface area contributed by atoms with Crippen LogP contribution in [-0.2, 0) is 25.5 Å². The first-order chi connectivity index (χ1) is 12.7. The molecule has 0 spiro atoms. The van der Waals surface area contributed by atoms with E-state index in [0.29, 0.717) is 13.2 Å². The predicted octanol–water partition coefficient (Wildman–Crippen LogP) is 1.92. The highest BCUT2D eigenvalue weighted by Crippen LogP contribution is 2.34. The molecule has 0 radical (unpaired) electrons. The normalized spacial score (nSPS) is 31.0. The van der Waals surface area contributed by atoms with Crippen molar-refractivity contribution in [2.24, 2.45) is 0 Å². The number of methoxy groups -OCH3 is 1. The molecular formula is C19H27NO6. The van der Waals surface area contributed by atoms with Crippen LogP contribution in [-0.4, -0.2) is 67.1 Å². The van der Waals surface area contributed by atoms with Crippen molar-refractivity contribution in [3.8, 4) is 0 Å². The van der Waals surface area contributed by atoms with Crippen LogP contribution >= 0.6 is 0 Å².